The molecule has 0 amide bonds. The second-order valence-corrected chi connectivity index (χ2v) is 6.77. The van der Waals surface area contributed by atoms with Gasteiger partial charge in [-0.1, -0.05) is 0 Å². The van der Waals surface area contributed by atoms with Crippen molar-refractivity contribution in [2.45, 2.75) is 0 Å². The van der Waals surface area contributed by atoms with Crippen LogP contribution in [0.3, 0.4) is 0 Å². The van der Waals surface area contributed by atoms with E-state index in [9.17, 15) is 0 Å². The van der Waals surface area contributed by atoms with Gasteiger partial charge in [0.15, 0.2) is 0 Å². The van der Waals surface area contributed by atoms with E-state index in [0.717, 1.165) is 9.50 Å². The monoisotopic (exact) mass is 346 g/mol. The zero-order valence-electron chi connectivity index (χ0n) is 7.78. The Bertz CT molecular complexity index is 393. The van der Waals surface area contributed by atoms with Gasteiger partial charge >= 0.3 is 109 Å². The summed E-state index contributed by atoms with van der Waals surface area (Å²) >= 11 is 9.63. The molecule has 2 rings (SSSR count). The van der Waals surface area contributed by atoms with Gasteiger partial charge < -0.3 is 0 Å². The van der Waals surface area contributed by atoms with Gasteiger partial charge in [0.05, 0.1) is 0 Å². The van der Waals surface area contributed by atoms with Gasteiger partial charge in [0.25, 0.3) is 0 Å². The molecule has 0 nitrogen and oxygen atoms in total. The number of benzene rings is 2. The van der Waals surface area contributed by atoms with E-state index >= 15 is 0 Å². The van der Waals surface area contributed by atoms with Crippen molar-refractivity contribution in [2.24, 2.45) is 0 Å². The van der Waals surface area contributed by atoms with Crippen molar-refractivity contribution in [3.05, 3.63) is 58.0 Å². The van der Waals surface area contributed by atoms with E-state index < -0.39 is 0 Å². The molecule has 0 aliphatic carbocycles. The van der Waals surface area contributed by atoms with Crippen LogP contribution in [0, 0.1) is 0 Å². The molecule has 2 aromatic carbocycles. The van der Waals surface area contributed by atoms with Gasteiger partial charge in [0.1, 0.15) is 0 Å². The van der Waals surface area contributed by atoms with E-state index in [2.05, 4.69) is 52.3 Å². The number of halogens is 2. The molecule has 0 fully saturated rings. The fourth-order valence-corrected chi connectivity index (χ4v) is 3.24. The zero-order valence-corrected chi connectivity index (χ0v) is 11.8. The molecule has 0 spiro atoms. The molecule has 15 heavy (non-hydrogen) atoms. The molecular weight excluding hydrogens is 338 g/mol. The van der Waals surface area contributed by atoms with E-state index in [1.54, 1.807) is 0 Å². The van der Waals surface area contributed by atoms with Crippen molar-refractivity contribution in [1.29, 1.82) is 0 Å². The Balaban J connectivity index is 2.15. The van der Waals surface area contributed by atoms with Crippen LogP contribution in [0.2, 0.25) is 5.02 Å². The van der Waals surface area contributed by atoms with Crippen LogP contribution in [0.4, 0.5) is 0 Å². The molecule has 76 valence electrons. The van der Waals surface area contributed by atoms with Gasteiger partial charge in [-0.2, -0.15) is 0 Å². The van der Waals surface area contributed by atoms with Crippen LogP contribution in [-0.2, 0) is 0 Å². The number of hydrogen-bond acceptors (Lipinski definition) is 0. The summed E-state index contributed by atoms with van der Waals surface area (Å²) in [5.41, 5.74) is 0. The molecule has 0 radical (unpaired) electrons. The molecule has 0 heterocycles. The van der Waals surface area contributed by atoms with Gasteiger partial charge in [-0.25, -0.2) is 0 Å². The van der Waals surface area contributed by atoms with Gasteiger partial charge in [-0.3, -0.25) is 0 Å². The molecule has 3 heteroatoms. The summed E-state index contributed by atoms with van der Waals surface area (Å²) in [6.45, 7) is 0. The standard InChI is InChI=1S/C12H8BrClSe/c13-9-1-5-11(6-2-9)15-12-7-3-10(14)4-8-12/h1-8H. The van der Waals surface area contributed by atoms with Crippen molar-refractivity contribution in [3.63, 3.8) is 0 Å². The van der Waals surface area contributed by atoms with Crippen LogP contribution in [0.1, 0.15) is 0 Å². The molecule has 0 unspecified atom stereocenters. The summed E-state index contributed by atoms with van der Waals surface area (Å²) in [6.07, 6.45) is 0. The molecular formula is C12H8BrClSe. The summed E-state index contributed by atoms with van der Waals surface area (Å²) < 4.78 is 3.83. The predicted octanol–water partition coefficient (Wildman–Crippen LogP) is 2.76. The predicted molar refractivity (Wildman–Crippen MR) is 70.6 cm³/mol. The SMILES string of the molecule is Clc1ccc([Se]c2ccc(Br)cc2)cc1. The van der Waals surface area contributed by atoms with Gasteiger partial charge in [-0.15, -0.1) is 0 Å². The van der Waals surface area contributed by atoms with E-state index in [1.165, 1.54) is 8.92 Å². The third-order valence-electron chi connectivity index (χ3n) is 1.86. The van der Waals surface area contributed by atoms with Crippen LogP contribution in [0.25, 0.3) is 0 Å². The third-order valence-corrected chi connectivity index (χ3v) is 4.77. The molecule has 0 atom stereocenters. The van der Waals surface area contributed by atoms with Crippen LogP contribution >= 0.6 is 27.5 Å². The van der Waals surface area contributed by atoms with E-state index in [4.69, 9.17) is 11.6 Å². The topological polar surface area (TPSA) is 0 Å². The summed E-state index contributed by atoms with van der Waals surface area (Å²) in [7, 11) is 0. The van der Waals surface area contributed by atoms with Crippen molar-refractivity contribution < 1.29 is 0 Å². The Morgan fingerprint density at radius 1 is 0.800 bits per heavy atom. The van der Waals surface area contributed by atoms with Crippen LogP contribution in [0.15, 0.2) is 53.0 Å². The van der Waals surface area contributed by atoms with Crippen LogP contribution < -0.4 is 8.92 Å². The zero-order chi connectivity index (χ0) is 10.7. The fraction of sp³-hybridized carbons (Fsp3) is 0. The first-order chi connectivity index (χ1) is 7.24. The van der Waals surface area contributed by atoms with Crippen LogP contribution in [-0.4, -0.2) is 15.0 Å². The minimum atomic E-state index is 0.366. The van der Waals surface area contributed by atoms with Crippen LogP contribution in [0.5, 0.6) is 0 Å². The average Bonchev–Trinajstić information content (AvgIpc) is 2.25. The maximum atomic E-state index is 5.84. The summed E-state index contributed by atoms with van der Waals surface area (Å²) in [6, 6.07) is 16.5. The first kappa shape index (κ1) is 11.2. The average molecular weight is 347 g/mol. The number of hydrogen-bond donors (Lipinski definition) is 0. The fourth-order valence-electron chi connectivity index (χ4n) is 1.14. The van der Waals surface area contributed by atoms with E-state index in [0.29, 0.717) is 15.0 Å². The molecule has 0 aliphatic heterocycles. The Labute approximate surface area is 109 Å². The normalized spacial score (nSPS) is 10.3. The van der Waals surface area contributed by atoms with E-state index in [1.807, 2.05) is 12.1 Å². The summed E-state index contributed by atoms with van der Waals surface area (Å²) in [4.78, 5) is 0. The summed E-state index contributed by atoms with van der Waals surface area (Å²) in [5.74, 6) is 0. The Morgan fingerprint density at radius 3 is 1.80 bits per heavy atom. The van der Waals surface area contributed by atoms with Crippen molar-refractivity contribution in [2.75, 3.05) is 0 Å². The third kappa shape index (κ3) is 3.35. The molecule has 0 aromatic heterocycles. The molecule has 2 aromatic rings. The van der Waals surface area contributed by atoms with Gasteiger partial charge in [-0.05, 0) is 0 Å². The minimum absolute atomic E-state index is 0.366. The Morgan fingerprint density at radius 2 is 1.27 bits per heavy atom. The quantitative estimate of drug-likeness (QED) is 0.734. The van der Waals surface area contributed by atoms with Crippen molar-refractivity contribution in [3.8, 4) is 0 Å². The Kier molecular flexibility index (Phi) is 3.87. The maximum absolute atomic E-state index is 5.84. The molecule has 0 saturated heterocycles. The van der Waals surface area contributed by atoms with Gasteiger partial charge in [0.2, 0.25) is 0 Å². The second kappa shape index (κ2) is 5.18. The second-order valence-electron chi connectivity index (χ2n) is 3.01. The molecule has 0 bridgehead atoms. The van der Waals surface area contributed by atoms with Gasteiger partial charge in [0, 0.05) is 0 Å². The molecule has 0 aliphatic rings. The first-order valence-electron chi connectivity index (χ1n) is 4.43. The first-order valence-corrected chi connectivity index (χ1v) is 7.31. The van der Waals surface area contributed by atoms with E-state index in [-0.39, 0.29) is 0 Å². The Hall–Kier alpha value is -0.271. The molecule has 0 saturated carbocycles. The number of rotatable bonds is 2. The molecule has 0 N–H and O–H groups in total. The van der Waals surface area contributed by atoms with Crippen molar-refractivity contribution in [1.82, 2.24) is 0 Å². The van der Waals surface area contributed by atoms with Crippen molar-refractivity contribution >= 4 is 51.4 Å². The summed E-state index contributed by atoms with van der Waals surface area (Å²) in [5, 5.41) is 0.797.